The lowest BCUT2D eigenvalue weighted by Gasteiger charge is -2.10. The molecule has 0 atom stereocenters. The van der Waals surface area contributed by atoms with Crippen molar-refractivity contribution in [1.82, 2.24) is 0 Å². The summed E-state index contributed by atoms with van der Waals surface area (Å²) >= 11 is 6.17. The van der Waals surface area contributed by atoms with Crippen molar-refractivity contribution in [2.45, 2.75) is 26.7 Å². The summed E-state index contributed by atoms with van der Waals surface area (Å²) in [4.78, 5) is 11.3. The molecule has 0 aliphatic heterocycles. The van der Waals surface area contributed by atoms with E-state index < -0.39 is 0 Å². The number of carbonyl (C=O) groups is 1. The summed E-state index contributed by atoms with van der Waals surface area (Å²) in [6.07, 6.45) is 1.02. The van der Waals surface area contributed by atoms with Crippen LogP contribution >= 0.6 is 11.6 Å². The first-order chi connectivity index (χ1) is 8.12. The number of aryl methyl sites for hydroxylation is 1. The lowest BCUT2D eigenvalue weighted by molar-refractivity contribution is -0.139. The SMILES string of the molecule is CC#Cc1cc(Cl)c(CC(=O)OC)c(CC)c1. The second kappa shape index (κ2) is 6.32. The first-order valence-corrected chi connectivity index (χ1v) is 5.81. The molecular weight excluding hydrogens is 236 g/mol. The van der Waals surface area contributed by atoms with Crippen LogP contribution in [0.2, 0.25) is 5.02 Å². The molecule has 0 heterocycles. The van der Waals surface area contributed by atoms with Crippen LogP contribution in [-0.4, -0.2) is 13.1 Å². The second-order valence-electron chi connectivity index (χ2n) is 3.58. The van der Waals surface area contributed by atoms with Gasteiger partial charge in [-0.05, 0) is 36.6 Å². The molecule has 0 aliphatic carbocycles. The number of ether oxygens (including phenoxy) is 1. The standard InChI is InChI=1S/C14H15ClO2/c1-4-6-10-7-11(5-2)12(13(15)8-10)9-14(16)17-3/h7-8H,5,9H2,1-3H3. The van der Waals surface area contributed by atoms with Gasteiger partial charge in [0.1, 0.15) is 0 Å². The minimum atomic E-state index is -0.282. The fourth-order valence-electron chi connectivity index (χ4n) is 1.64. The summed E-state index contributed by atoms with van der Waals surface area (Å²) in [6, 6.07) is 3.76. The number of esters is 1. The third-order valence-electron chi connectivity index (χ3n) is 2.49. The van der Waals surface area contributed by atoms with Crippen LogP contribution in [0.15, 0.2) is 12.1 Å². The van der Waals surface area contributed by atoms with Gasteiger partial charge in [-0.3, -0.25) is 4.79 Å². The van der Waals surface area contributed by atoms with Gasteiger partial charge in [0.25, 0.3) is 0 Å². The molecule has 0 saturated heterocycles. The van der Waals surface area contributed by atoms with Crippen LogP contribution in [-0.2, 0) is 22.4 Å². The van der Waals surface area contributed by atoms with Crippen LogP contribution < -0.4 is 0 Å². The van der Waals surface area contributed by atoms with Crippen LogP contribution in [0.1, 0.15) is 30.5 Å². The van der Waals surface area contributed by atoms with E-state index in [0.29, 0.717) is 5.02 Å². The Morgan fingerprint density at radius 2 is 2.18 bits per heavy atom. The van der Waals surface area contributed by atoms with Gasteiger partial charge in [0.2, 0.25) is 0 Å². The molecule has 0 aliphatic rings. The molecule has 0 spiro atoms. The minimum Gasteiger partial charge on any atom is -0.469 e. The maximum atomic E-state index is 11.3. The number of hydrogen-bond acceptors (Lipinski definition) is 2. The fraction of sp³-hybridized carbons (Fsp3) is 0.357. The van der Waals surface area contributed by atoms with E-state index in [4.69, 9.17) is 11.6 Å². The molecule has 0 radical (unpaired) electrons. The van der Waals surface area contributed by atoms with Crippen molar-refractivity contribution in [3.8, 4) is 11.8 Å². The zero-order valence-electron chi connectivity index (χ0n) is 10.3. The fourth-order valence-corrected chi connectivity index (χ4v) is 1.95. The Morgan fingerprint density at radius 1 is 1.47 bits per heavy atom. The topological polar surface area (TPSA) is 26.3 Å². The van der Waals surface area contributed by atoms with E-state index in [1.54, 1.807) is 13.0 Å². The lowest BCUT2D eigenvalue weighted by atomic mass is 9.99. The average Bonchev–Trinajstić information content (AvgIpc) is 2.32. The molecule has 0 fully saturated rings. The van der Waals surface area contributed by atoms with E-state index in [1.807, 2.05) is 13.0 Å². The van der Waals surface area contributed by atoms with Gasteiger partial charge in [0.05, 0.1) is 13.5 Å². The van der Waals surface area contributed by atoms with Crippen molar-refractivity contribution in [2.75, 3.05) is 7.11 Å². The summed E-state index contributed by atoms with van der Waals surface area (Å²) in [7, 11) is 1.37. The number of carbonyl (C=O) groups excluding carboxylic acids is 1. The first-order valence-electron chi connectivity index (χ1n) is 5.43. The highest BCUT2D eigenvalue weighted by atomic mass is 35.5. The van der Waals surface area contributed by atoms with Crippen LogP contribution in [0.3, 0.4) is 0 Å². The van der Waals surface area contributed by atoms with Crippen molar-refractivity contribution in [3.63, 3.8) is 0 Å². The maximum absolute atomic E-state index is 11.3. The van der Waals surface area contributed by atoms with Crippen molar-refractivity contribution in [1.29, 1.82) is 0 Å². The van der Waals surface area contributed by atoms with Gasteiger partial charge in [-0.1, -0.05) is 24.4 Å². The Balaban J connectivity index is 3.19. The molecule has 3 heteroatoms. The van der Waals surface area contributed by atoms with Crippen LogP contribution in [0.4, 0.5) is 0 Å². The highest BCUT2D eigenvalue weighted by Crippen LogP contribution is 2.24. The van der Waals surface area contributed by atoms with Crippen molar-refractivity contribution in [3.05, 3.63) is 33.8 Å². The second-order valence-corrected chi connectivity index (χ2v) is 3.98. The normalized spacial score (nSPS) is 9.41. The van der Waals surface area contributed by atoms with Gasteiger partial charge in [0, 0.05) is 10.6 Å². The first kappa shape index (κ1) is 13.6. The van der Waals surface area contributed by atoms with Gasteiger partial charge < -0.3 is 4.74 Å². The Morgan fingerprint density at radius 3 is 2.71 bits per heavy atom. The Labute approximate surface area is 107 Å². The van der Waals surface area contributed by atoms with Crippen molar-refractivity contribution in [2.24, 2.45) is 0 Å². The lowest BCUT2D eigenvalue weighted by Crippen LogP contribution is -2.07. The van der Waals surface area contributed by atoms with Crippen molar-refractivity contribution < 1.29 is 9.53 Å². The van der Waals surface area contributed by atoms with Crippen molar-refractivity contribution >= 4 is 17.6 Å². The molecule has 90 valence electrons. The molecule has 0 N–H and O–H groups in total. The molecule has 2 nitrogen and oxygen atoms in total. The van der Waals surface area contributed by atoms with E-state index in [1.165, 1.54) is 7.11 Å². The average molecular weight is 251 g/mol. The monoisotopic (exact) mass is 250 g/mol. The number of methoxy groups -OCH3 is 1. The highest BCUT2D eigenvalue weighted by molar-refractivity contribution is 6.31. The number of rotatable bonds is 3. The van der Waals surface area contributed by atoms with E-state index in [2.05, 4.69) is 16.6 Å². The molecule has 1 aromatic carbocycles. The molecule has 0 bridgehead atoms. The molecule has 1 aromatic rings. The summed E-state index contributed by atoms with van der Waals surface area (Å²) in [6.45, 7) is 3.80. The molecule has 1 rings (SSSR count). The highest BCUT2D eigenvalue weighted by Gasteiger charge is 2.12. The van der Waals surface area contributed by atoms with Crippen LogP contribution in [0.5, 0.6) is 0 Å². The zero-order valence-corrected chi connectivity index (χ0v) is 11.0. The number of halogens is 1. The summed E-state index contributed by atoms with van der Waals surface area (Å²) in [5.41, 5.74) is 2.76. The van der Waals surface area contributed by atoms with E-state index in [9.17, 15) is 4.79 Å². The molecule has 0 saturated carbocycles. The summed E-state index contributed by atoms with van der Waals surface area (Å²) in [5, 5.41) is 0.576. The quantitative estimate of drug-likeness (QED) is 0.609. The largest absolute Gasteiger partial charge is 0.469 e. The van der Waals surface area contributed by atoms with Gasteiger partial charge in [-0.2, -0.15) is 0 Å². The van der Waals surface area contributed by atoms with E-state index in [-0.39, 0.29) is 12.4 Å². The third kappa shape index (κ3) is 3.51. The smallest absolute Gasteiger partial charge is 0.310 e. The van der Waals surface area contributed by atoms with E-state index in [0.717, 1.165) is 23.1 Å². The Bertz CT molecular complexity index is 481. The summed E-state index contributed by atoms with van der Waals surface area (Å²) < 4.78 is 4.66. The Kier molecular flexibility index (Phi) is 5.06. The predicted octanol–water partition coefficient (Wildman–Crippen LogP) is 2.99. The van der Waals surface area contributed by atoms with Crippen LogP contribution in [0, 0.1) is 11.8 Å². The maximum Gasteiger partial charge on any atom is 0.310 e. The molecule has 17 heavy (non-hydrogen) atoms. The number of benzene rings is 1. The van der Waals surface area contributed by atoms with Gasteiger partial charge >= 0.3 is 5.97 Å². The number of hydrogen-bond donors (Lipinski definition) is 0. The molecule has 0 unspecified atom stereocenters. The predicted molar refractivity (Wildman–Crippen MR) is 69.1 cm³/mol. The van der Waals surface area contributed by atoms with Gasteiger partial charge in [-0.25, -0.2) is 0 Å². The minimum absolute atomic E-state index is 0.207. The third-order valence-corrected chi connectivity index (χ3v) is 2.82. The zero-order chi connectivity index (χ0) is 12.8. The summed E-state index contributed by atoms with van der Waals surface area (Å²) in [5.74, 6) is 5.52. The van der Waals surface area contributed by atoms with Gasteiger partial charge in [0.15, 0.2) is 0 Å². The Hall–Kier alpha value is -1.46. The van der Waals surface area contributed by atoms with Crippen LogP contribution in [0.25, 0.3) is 0 Å². The molecular formula is C14H15ClO2. The molecule has 0 amide bonds. The van der Waals surface area contributed by atoms with E-state index >= 15 is 0 Å². The van der Waals surface area contributed by atoms with Gasteiger partial charge in [-0.15, -0.1) is 5.92 Å². The molecule has 0 aromatic heterocycles.